The fourth-order valence-corrected chi connectivity index (χ4v) is 4.25. The van der Waals surface area contributed by atoms with Crippen LogP contribution in [0.2, 0.25) is 0 Å². The standard InChI is InChI=1S/C14H17FIN2O5PS/c1-4-10(3)23-24(16,20)21-8-14(15)6-5-11(22-14)18-7-9(2)12(25)17-13(18)19/h4,7,11H,1,3,5-6,8H2,2H3,(H,17,19,25)/t11-,14+,24?/m1/s1. The van der Waals surface area contributed by atoms with Gasteiger partial charge in [-0.1, -0.05) is 25.4 Å². The van der Waals surface area contributed by atoms with Crippen molar-refractivity contribution in [2.45, 2.75) is 31.8 Å². The molecule has 0 bridgehead atoms. The topological polar surface area (TPSA) is 82.5 Å². The lowest BCUT2D eigenvalue weighted by Crippen LogP contribution is -2.32. The van der Waals surface area contributed by atoms with Crippen molar-refractivity contribution in [1.29, 1.82) is 0 Å². The average Bonchev–Trinajstić information content (AvgIpc) is 2.91. The van der Waals surface area contributed by atoms with E-state index < -0.39 is 29.6 Å². The average molecular weight is 502 g/mol. The Morgan fingerprint density at radius 2 is 2.44 bits per heavy atom. The van der Waals surface area contributed by atoms with E-state index in [1.165, 1.54) is 38.9 Å². The summed E-state index contributed by atoms with van der Waals surface area (Å²) in [7, 11) is 0. The van der Waals surface area contributed by atoms with Crippen LogP contribution in [-0.4, -0.2) is 22.0 Å². The maximum Gasteiger partial charge on any atom is 0.438 e. The second-order valence-corrected chi connectivity index (χ2v) is 10.7. The van der Waals surface area contributed by atoms with Crippen LogP contribution in [0.15, 0.2) is 36.0 Å². The quantitative estimate of drug-likeness (QED) is 0.195. The molecule has 1 saturated heterocycles. The van der Waals surface area contributed by atoms with E-state index in [-0.39, 0.29) is 18.6 Å². The Balaban J connectivity index is 2.06. The highest BCUT2D eigenvalue weighted by atomic mass is 127. The molecular formula is C14H17FIN2O5PS. The second-order valence-electron chi connectivity index (χ2n) is 5.44. The van der Waals surface area contributed by atoms with Crippen molar-refractivity contribution in [3.05, 3.63) is 51.9 Å². The van der Waals surface area contributed by atoms with Gasteiger partial charge in [-0.15, -0.1) is 0 Å². The van der Waals surface area contributed by atoms with Gasteiger partial charge in [0.15, 0.2) is 0 Å². The van der Waals surface area contributed by atoms with E-state index in [0.29, 0.717) is 10.2 Å². The van der Waals surface area contributed by atoms with Gasteiger partial charge >= 0.3 is 10.9 Å². The Kier molecular flexibility index (Phi) is 6.42. The van der Waals surface area contributed by atoms with Crippen LogP contribution >= 0.6 is 39.5 Å². The number of ether oxygens (including phenoxy) is 1. The van der Waals surface area contributed by atoms with E-state index in [1.807, 2.05) is 0 Å². The molecule has 1 aromatic rings. The first-order valence-electron chi connectivity index (χ1n) is 7.19. The zero-order chi connectivity index (χ0) is 18.8. The number of nitrogens with zero attached hydrogens (tertiary/aromatic N) is 1. The van der Waals surface area contributed by atoms with Crippen molar-refractivity contribution in [3.63, 3.8) is 0 Å². The molecule has 1 aromatic heterocycles. The molecule has 0 amide bonds. The van der Waals surface area contributed by atoms with Gasteiger partial charge in [-0.3, -0.25) is 14.1 Å². The van der Waals surface area contributed by atoms with Gasteiger partial charge < -0.3 is 9.26 Å². The molecule has 1 unspecified atom stereocenters. The highest BCUT2D eigenvalue weighted by Gasteiger charge is 2.44. The maximum atomic E-state index is 14.8. The largest absolute Gasteiger partial charge is 0.438 e. The zero-order valence-electron chi connectivity index (χ0n) is 13.4. The van der Waals surface area contributed by atoms with E-state index in [9.17, 15) is 13.8 Å². The minimum atomic E-state index is -3.59. The Morgan fingerprint density at radius 1 is 1.76 bits per heavy atom. The number of rotatable bonds is 7. The molecule has 3 atom stereocenters. The van der Waals surface area contributed by atoms with E-state index >= 15 is 0 Å². The van der Waals surface area contributed by atoms with Crippen LogP contribution in [0.25, 0.3) is 0 Å². The monoisotopic (exact) mass is 502 g/mol. The van der Waals surface area contributed by atoms with Gasteiger partial charge in [-0.2, -0.15) is 0 Å². The van der Waals surface area contributed by atoms with Crippen molar-refractivity contribution in [1.82, 2.24) is 9.55 Å². The van der Waals surface area contributed by atoms with Gasteiger partial charge in [-0.25, -0.2) is 13.8 Å². The minimum absolute atomic E-state index is 0.0299. The smallest absolute Gasteiger partial charge is 0.418 e. The van der Waals surface area contributed by atoms with Crippen LogP contribution < -0.4 is 5.69 Å². The van der Waals surface area contributed by atoms with Crippen LogP contribution in [0.1, 0.15) is 24.6 Å². The summed E-state index contributed by atoms with van der Waals surface area (Å²) in [5.74, 6) is -2.14. The van der Waals surface area contributed by atoms with Crippen LogP contribution in [0, 0.1) is 11.6 Å². The van der Waals surface area contributed by atoms with Gasteiger partial charge in [0.2, 0.25) is 5.85 Å². The van der Waals surface area contributed by atoms with Crippen LogP contribution in [-0.2, 0) is 18.3 Å². The molecular weight excluding hydrogens is 485 g/mol. The Labute approximate surface area is 161 Å². The summed E-state index contributed by atoms with van der Waals surface area (Å²) in [6.07, 6.45) is 2.17. The fourth-order valence-electron chi connectivity index (χ4n) is 2.18. The summed E-state index contributed by atoms with van der Waals surface area (Å²) in [6.45, 7) is 8.00. The number of nitrogens with one attached hydrogen (secondary N) is 1. The van der Waals surface area contributed by atoms with E-state index in [4.69, 9.17) is 26.0 Å². The van der Waals surface area contributed by atoms with Gasteiger partial charge in [0, 0.05) is 18.2 Å². The number of halogens is 2. The third-order valence-electron chi connectivity index (χ3n) is 3.46. The lowest BCUT2D eigenvalue weighted by molar-refractivity contribution is -0.173. The Bertz CT molecular complexity index is 856. The highest BCUT2D eigenvalue weighted by Crippen LogP contribution is 2.59. The summed E-state index contributed by atoms with van der Waals surface area (Å²) >= 11 is 6.43. The van der Waals surface area contributed by atoms with Gasteiger partial charge in [0.25, 0.3) is 0 Å². The molecule has 1 aliphatic heterocycles. The first-order valence-corrected chi connectivity index (χ1v) is 11.9. The Morgan fingerprint density at radius 3 is 3.08 bits per heavy atom. The molecule has 0 radical (unpaired) electrons. The minimum Gasteiger partial charge on any atom is -0.418 e. The van der Waals surface area contributed by atoms with Gasteiger partial charge in [0.05, 0.1) is 22.0 Å². The molecule has 1 aliphatic rings. The van der Waals surface area contributed by atoms with E-state index in [2.05, 4.69) is 18.1 Å². The molecule has 138 valence electrons. The summed E-state index contributed by atoms with van der Waals surface area (Å²) in [4.78, 5) is 14.5. The number of hydrogen-bond donors (Lipinski definition) is 1. The third kappa shape index (κ3) is 5.33. The first kappa shape index (κ1) is 20.5. The molecule has 0 aromatic carbocycles. The number of H-pyrrole nitrogens is 1. The molecule has 0 spiro atoms. The molecule has 0 aliphatic carbocycles. The summed E-state index contributed by atoms with van der Waals surface area (Å²) in [5.41, 5.74) is 0.176. The number of alkyl halides is 1. The lowest BCUT2D eigenvalue weighted by atomic mass is 10.2. The van der Waals surface area contributed by atoms with Crippen molar-refractivity contribution in [2.24, 2.45) is 0 Å². The molecule has 7 nitrogen and oxygen atoms in total. The number of hydrogen-bond acceptors (Lipinski definition) is 6. The van der Waals surface area contributed by atoms with E-state index in [0.717, 1.165) is 0 Å². The predicted octanol–water partition coefficient (Wildman–Crippen LogP) is 4.47. The predicted molar refractivity (Wildman–Crippen MR) is 102 cm³/mol. The molecule has 1 N–H and O–H groups in total. The molecule has 11 heteroatoms. The molecule has 1 fully saturated rings. The van der Waals surface area contributed by atoms with Crippen LogP contribution in [0.5, 0.6) is 0 Å². The number of allylic oxidation sites excluding steroid dienone is 1. The van der Waals surface area contributed by atoms with Gasteiger partial charge in [-0.05, 0) is 19.4 Å². The molecule has 0 saturated carbocycles. The number of aromatic nitrogens is 2. The summed E-state index contributed by atoms with van der Waals surface area (Å²) < 4.78 is 43.8. The fraction of sp³-hybridized carbons (Fsp3) is 0.429. The van der Waals surface area contributed by atoms with Crippen molar-refractivity contribution in [3.8, 4) is 0 Å². The third-order valence-corrected chi connectivity index (χ3v) is 6.20. The van der Waals surface area contributed by atoms with Crippen molar-refractivity contribution in [2.75, 3.05) is 6.61 Å². The summed E-state index contributed by atoms with van der Waals surface area (Å²) in [6, 6.07) is 0. The molecule has 25 heavy (non-hydrogen) atoms. The van der Waals surface area contributed by atoms with Gasteiger partial charge in [0.1, 0.15) is 23.2 Å². The van der Waals surface area contributed by atoms with Crippen LogP contribution in [0.4, 0.5) is 4.39 Å². The SMILES string of the molecule is C=CC(=C)OP(=O)(I)OC[C@]1(F)CC[C@H](n2cc(C)c(=S)[nH]c2=O)O1. The maximum absolute atomic E-state index is 14.8. The van der Waals surface area contributed by atoms with Crippen LogP contribution in [0.3, 0.4) is 0 Å². The lowest BCUT2D eigenvalue weighted by Gasteiger charge is -2.23. The number of aryl methyl sites for hydroxylation is 1. The summed E-state index contributed by atoms with van der Waals surface area (Å²) in [5, 5.41) is -3.59. The van der Waals surface area contributed by atoms with Crippen molar-refractivity contribution < 1.29 is 22.7 Å². The second kappa shape index (κ2) is 7.83. The number of aromatic amines is 1. The van der Waals surface area contributed by atoms with E-state index in [1.54, 1.807) is 6.92 Å². The van der Waals surface area contributed by atoms with Crippen molar-refractivity contribution >= 4 is 39.5 Å². The normalized spacial score (nSPS) is 25.3. The molecule has 2 heterocycles. The molecule has 2 rings (SSSR count). The highest BCUT2D eigenvalue weighted by molar-refractivity contribution is 14.2. The zero-order valence-corrected chi connectivity index (χ0v) is 17.2. The first-order chi connectivity index (χ1) is 11.6. The Hall–Kier alpha value is -0.810.